The Bertz CT molecular complexity index is 921. The van der Waals surface area contributed by atoms with E-state index in [1.165, 1.54) is 24.0 Å². The summed E-state index contributed by atoms with van der Waals surface area (Å²) in [4.78, 5) is 16.9. The quantitative estimate of drug-likeness (QED) is 0.603. The molecule has 2 bridgehead atoms. The van der Waals surface area contributed by atoms with E-state index in [9.17, 15) is 9.90 Å². The van der Waals surface area contributed by atoms with Crippen molar-refractivity contribution in [3.05, 3.63) is 29.3 Å². The highest BCUT2D eigenvalue weighted by atomic mass is 35.6. The molecular weight excluding hydrogens is 487 g/mol. The van der Waals surface area contributed by atoms with Crippen molar-refractivity contribution in [1.82, 2.24) is 9.80 Å². The molecule has 9 heteroatoms. The Morgan fingerprint density at radius 3 is 2.61 bits per heavy atom. The van der Waals surface area contributed by atoms with Crippen LogP contribution in [0.4, 0.5) is 4.79 Å². The average Bonchev–Trinajstić information content (AvgIpc) is 3.60. The SMILES string of the molecule is COc1ccc2c(c1)[C@@]13CCN(C(=O)OCC(Cl)(Cl)Cl)CC[C@@]1(O)[C@@H](C2)N(CC1CC1)CC3. The highest BCUT2D eigenvalue weighted by molar-refractivity contribution is 6.67. The molecule has 5 rings (SSSR count). The number of ether oxygens (including phenoxy) is 2. The molecule has 182 valence electrons. The molecular formula is C24H31Cl3N2O4. The van der Waals surface area contributed by atoms with Crippen LogP contribution in [0.5, 0.6) is 5.75 Å². The lowest BCUT2D eigenvalue weighted by Crippen LogP contribution is -2.71. The summed E-state index contributed by atoms with van der Waals surface area (Å²) >= 11 is 17.3. The van der Waals surface area contributed by atoms with Gasteiger partial charge in [-0.2, -0.15) is 0 Å². The molecule has 0 unspecified atom stereocenters. The van der Waals surface area contributed by atoms with Crippen molar-refractivity contribution in [3.8, 4) is 5.75 Å². The molecule has 6 nitrogen and oxygen atoms in total. The van der Waals surface area contributed by atoms with Gasteiger partial charge in [-0.25, -0.2) is 4.79 Å². The normalized spacial score (nSPS) is 31.9. The number of halogens is 3. The Labute approximate surface area is 210 Å². The molecule has 1 N–H and O–H groups in total. The highest BCUT2D eigenvalue weighted by Crippen LogP contribution is 2.56. The lowest BCUT2D eigenvalue weighted by Gasteiger charge is -2.61. The zero-order valence-corrected chi connectivity index (χ0v) is 21.1. The lowest BCUT2D eigenvalue weighted by molar-refractivity contribution is -0.149. The number of piperidine rings is 1. The van der Waals surface area contributed by atoms with Crippen molar-refractivity contribution in [1.29, 1.82) is 0 Å². The minimum atomic E-state index is -1.65. The van der Waals surface area contributed by atoms with E-state index in [4.69, 9.17) is 44.3 Å². The second-order valence-electron chi connectivity index (χ2n) is 10.1. The molecule has 2 aliphatic carbocycles. The Morgan fingerprint density at radius 2 is 1.91 bits per heavy atom. The zero-order valence-electron chi connectivity index (χ0n) is 18.9. The lowest BCUT2D eigenvalue weighted by atomic mass is 9.52. The number of alkyl halides is 3. The van der Waals surface area contributed by atoms with E-state index in [1.807, 2.05) is 6.07 Å². The third-order valence-corrected chi connectivity index (χ3v) is 8.60. The fourth-order valence-corrected chi connectivity index (χ4v) is 6.56. The predicted octanol–water partition coefficient (Wildman–Crippen LogP) is 4.31. The number of fused-ring (bicyclic) bond motifs is 1. The summed E-state index contributed by atoms with van der Waals surface area (Å²) in [6.07, 6.45) is 4.85. The third kappa shape index (κ3) is 4.31. The Morgan fingerprint density at radius 1 is 1.18 bits per heavy atom. The van der Waals surface area contributed by atoms with Crippen LogP contribution in [0.2, 0.25) is 0 Å². The minimum absolute atomic E-state index is 0.0323. The van der Waals surface area contributed by atoms with Gasteiger partial charge in [0.25, 0.3) is 0 Å². The van der Waals surface area contributed by atoms with E-state index < -0.39 is 20.9 Å². The summed E-state index contributed by atoms with van der Waals surface area (Å²) in [5, 5.41) is 12.5. The number of aliphatic hydroxyl groups is 1. The first kappa shape index (κ1) is 23.8. The van der Waals surface area contributed by atoms with Gasteiger partial charge in [-0.15, -0.1) is 0 Å². The van der Waals surface area contributed by atoms with Gasteiger partial charge in [-0.1, -0.05) is 40.9 Å². The van der Waals surface area contributed by atoms with Gasteiger partial charge in [0.05, 0.1) is 12.7 Å². The molecule has 3 atom stereocenters. The first-order chi connectivity index (χ1) is 15.6. The van der Waals surface area contributed by atoms with Gasteiger partial charge in [0.1, 0.15) is 12.4 Å². The van der Waals surface area contributed by atoms with E-state index in [0.717, 1.165) is 37.6 Å². The van der Waals surface area contributed by atoms with Crippen LogP contribution in [0, 0.1) is 5.92 Å². The maximum absolute atomic E-state index is 12.8. The van der Waals surface area contributed by atoms with E-state index in [-0.39, 0.29) is 12.6 Å². The third-order valence-electron chi connectivity index (χ3n) is 8.27. The first-order valence-corrected chi connectivity index (χ1v) is 12.9. The molecule has 1 aromatic rings. The molecule has 4 aliphatic rings. The van der Waals surface area contributed by atoms with Gasteiger partial charge in [0, 0.05) is 31.1 Å². The molecule has 2 saturated heterocycles. The van der Waals surface area contributed by atoms with Gasteiger partial charge in [-0.05, 0) is 74.2 Å². The standard InChI is InChI=1S/C24H31Cl3N2O4/c1-32-18-5-4-17-12-20-23(31)8-11-28(21(30)33-15-24(25,26)27)9-6-22(23,19(17)13-18)7-10-29(20)14-16-2-3-16/h4-5,13,16,20,31H,2-3,6-12,14-15H2,1H3/t20-,22+,23-/m1/s1. The number of likely N-dealkylation sites (tertiary alicyclic amines) is 2. The molecule has 1 amide bonds. The molecule has 0 spiro atoms. The second-order valence-corrected chi connectivity index (χ2v) is 12.6. The number of benzene rings is 1. The summed E-state index contributed by atoms with van der Waals surface area (Å²) in [6.45, 7) is 2.58. The molecule has 3 fully saturated rings. The number of hydrogen-bond donors (Lipinski definition) is 1. The van der Waals surface area contributed by atoms with E-state index in [2.05, 4.69) is 17.0 Å². The Kier molecular flexibility index (Phi) is 6.23. The van der Waals surface area contributed by atoms with E-state index in [0.29, 0.717) is 25.9 Å². The zero-order chi connectivity index (χ0) is 23.4. The number of carbonyl (C=O) groups is 1. The predicted molar refractivity (Wildman–Crippen MR) is 128 cm³/mol. The fraction of sp³-hybridized carbons (Fsp3) is 0.708. The average molecular weight is 518 g/mol. The van der Waals surface area contributed by atoms with Crippen LogP contribution in [0.3, 0.4) is 0 Å². The summed E-state index contributed by atoms with van der Waals surface area (Å²) in [7, 11) is 1.67. The topological polar surface area (TPSA) is 62.2 Å². The van der Waals surface area contributed by atoms with Crippen molar-refractivity contribution in [2.75, 3.05) is 39.9 Å². The van der Waals surface area contributed by atoms with Crippen molar-refractivity contribution >= 4 is 40.9 Å². The van der Waals surface area contributed by atoms with Crippen LogP contribution in [-0.2, 0) is 16.6 Å². The smallest absolute Gasteiger partial charge is 0.409 e. The summed E-state index contributed by atoms with van der Waals surface area (Å²) in [5.74, 6) is 1.55. The molecule has 2 aliphatic heterocycles. The van der Waals surface area contributed by atoms with Gasteiger partial charge >= 0.3 is 6.09 Å². The van der Waals surface area contributed by atoms with E-state index >= 15 is 0 Å². The number of hydrogen-bond acceptors (Lipinski definition) is 5. The Hall–Kier alpha value is -0.920. The molecule has 2 heterocycles. The second kappa shape index (κ2) is 8.63. The maximum Gasteiger partial charge on any atom is 0.409 e. The van der Waals surface area contributed by atoms with Crippen molar-refractivity contribution in [2.24, 2.45) is 5.92 Å². The summed E-state index contributed by atoms with van der Waals surface area (Å²) in [5.41, 5.74) is 1.06. The maximum atomic E-state index is 12.8. The summed E-state index contributed by atoms with van der Waals surface area (Å²) < 4.78 is 9.16. The molecule has 0 radical (unpaired) electrons. The largest absolute Gasteiger partial charge is 0.497 e. The molecule has 1 aromatic carbocycles. The number of carbonyl (C=O) groups excluding carboxylic acids is 1. The van der Waals surface area contributed by atoms with Gasteiger partial charge in [0.2, 0.25) is 3.79 Å². The van der Waals surface area contributed by atoms with Crippen molar-refractivity contribution in [2.45, 2.75) is 59.4 Å². The fourth-order valence-electron chi connectivity index (χ4n) is 6.40. The van der Waals surface area contributed by atoms with Gasteiger partial charge in [0.15, 0.2) is 0 Å². The van der Waals surface area contributed by atoms with Crippen molar-refractivity contribution in [3.63, 3.8) is 0 Å². The van der Waals surface area contributed by atoms with E-state index in [1.54, 1.807) is 12.0 Å². The molecule has 33 heavy (non-hydrogen) atoms. The molecule has 0 aromatic heterocycles. The minimum Gasteiger partial charge on any atom is -0.497 e. The highest BCUT2D eigenvalue weighted by Gasteiger charge is 2.63. The summed E-state index contributed by atoms with van der Waals surface area (Å²) in [6, 6.07) is 6.30. The van der Waals surface area contributed by atoms with Crippen LogP contribution >= 0.6 is 34.8 Å². The van der Waals surface area contributed by atoms with Crippen LogP contribution in [-0.4, -0.2) is 76.3 Å². The number of methoxy groups -OCH3 is 1. The van der Waals surface area contributed by atoms with Crippen molar-refractivity contribution < 1.29 is 19.4 Å². The first-order valence-electron chi connectivity index (χ1n) is 11.8. The monoisotopic (exact) mass is 516 g/mol. The van der Waals surface area contributed by atoms with Crippen LogP contribution in [0.1, 0.15) is 43.2 Å². The number of nitrogens with zero attached hydrogens (tertiary/aromatic N) is 2. The number of rotatable bonds is 4. The van der Waals surface area contributed by atoms with Crippen LogP contribution in [0.25, 0.3) is 0 Å². The van der Waals surface area contributed by atoms with Gasteiger partial charge < -0.3 is 19.5 Å². The molecule has 1 saturated carbocycles. The van der Waals surface area contributed by atoms with Crippen LogP contribution in [0.15, 0.2) is 18.2 Å². The number of amides is 1. The Balaban J connectivity index is 1.48. The van der Waals surface area contributed by atoms with Gasteiger partial charge in [-0.3, -0.25) is 4.90 Å². The van der Waals surface area contributed by atoms with Crippen LogP contribution < -0.4 is 4.74 Å².